The molecule has 9 nitrogen and oxygen atoms in total. The van der Waals surface area contributed by atoms with Crippen LogP contribution in [0, 0.1) is 0 Å². The molecule has 140 valence electrons. The van der Waals surface area contributed by atoms with Crippen molar-refractivity contribution >= 4 is 33.5 Å². The standard InChI is InChI=1S/C16H19N3O6S/c1-24-15(20)10-13(16(21)25-2)18-11-5-3-6-12(9-11)26(22,23)19-14-7-4-8-17-14/h3,5-6,9-10,18H,4,7-8H2,1-2H3,(H,17,19)/b13-10+. The molecular formula is C16H19N3O6S. The molecule has 0 radical (unpaired) electrons. The van der Waals surface area contributed by atoms with Gasteiger partial charge in [0.15, 0.2) is 0 Å². The van der Waals surface area contributed by atoms with Gasteiger partial charge < -0.3 is 14.8 Å². The predicted octanol–water partition coefficient (Wildman–Crippen LogP) is 0.799. The first-order chi connectivity index (χ1) is 12.4. The van der Waals surface area contributed by atoms with Crippen LogP contribution in [0.4, 0.5) is 5.69 Å². The Morgan fingerprint density at radius 3 is 2.62 bits per heavy atom. The highest BCUT2D eigenvalue weighted by atomic mass is 32.2. The molecule has 2 rings (SSSR count). The van der Waals surface area contributed by atoms with Gasteiger partial charge in [-0.15, -0.1) is 0 Å². The van der Waals surface area contributed by atoms with Crippen molar-refractivity contribution in [1.82, 2.24) is 4.72 Å². The smallest absolute Gasteiger partial charge is 0.354 e. The zero-order valence-electron chi connectivity index (χ0n) is 14.3. The number of hydrogen-bond acceptors (Lipinski definition) is 8. The second-order valence-electron chi connectivity index (χ2n) is 5.26. The summed E-state index contributed by atoms with van der Waals surface area (Å²) in [6.45, 7) is 0.597. The summed E-state index contributed by atoms with van der Waals surface area (Å²) in [5.74, 6) is -1.14. The summed E-state index contributed by atoms with van der Waals surface area (Å²) in [5.41, 5.74) is 0.0869. The van der Waals surface area contributed by atoms with Gasteiger partial charge in [0.05, 0.1) is 25.2 Å². The average Bonchev–Trinajstić information content (AvgIpc) is 3.12. The molecule has 0 saturated heterocycles. The van der Waals surface area contributed by atoms with E-state index in [0.29, 0.717) is 18.8 Å². The first-order valence-corrected chi connectivity index (χ1v) is 9.15. The molecule has 1 aliphatic rings. The van der Waals surface area contributed by atoms with Crippen molar-refractivity contribution in [2.45, 2.75) is 17.7 Å². The van der Waals surface area contributed by atoms with Crippen molar-refractivity contribution in [2.24, 2.45) is 4.99 Å². The molecule has 10 heteroatoms. The Balaban J connectivity index is 2.25. The van der Waals surface area contributed by atoms with Gasteiger partial charge in [-0.2, -0.15) is 0 Å². The monoisotopic (exact) mass is 381 g/mol. The normalized spacial score (nSPS) is 14.4. The second-order valence-corrected chi connectivity index (χ2v) is 6.95. The summed E-state index contributed by atoms with van der Waals surface area (Å²) >= 11 is 0. The minimum absolute atomic E-state index is 0.0145. The number of benzene rings is 1. The van der Waals surface area contributed by atoms with Crippen molar-refractivity contribution in [3.05, 3.63) is 36.0 Å². The number of ether oxygens (including phenoxy) is 2. The molecule has 1 aromatic rings. The molecule has 0 aromatic heterocycles. The maximum atomic E-state index is 12.4. The van der Waals surface area contributed by atoms with Gasteiger partial charge in [-0.3, -0.25) is 9.71 Å². The summed E-state index contributed by atoms with van der Waals surface area (Å²) in [4.78, 5) is 27.2. The Hall–Kier alpha value is -2.88. The number of rotatable bonds is 6. The number of carbonyl (C=O) groups excluding carboxylic acids is 2. The number of nitrogens with zero attached hydrogens (tertiary/aromatic N) is 1. The van der Waals surface area contributed by atoms with Crippen LogP contribution >= 0.6 is 0 Å². The maximum Gasteiger partial charge on any atom is 0.354 e. The quantitative estimate of drug-likeness (QED) is 0.552. The van der Waals surface area contributed by atoms with E-state index in [1.165, 1.54) is 25.3 Å². The number of esters is 2. The van der Waals surface area contributed by atoms with Crippen molar-refractivity contribution in [1.29, 1.82) is 0 Å². The van der Waals surface area contributed by atoms with Gasteiger partial charge in [-0.05, 0) is 24.6 Å². The summed E-state index contributed by atoms with van der Waals surface area (Å²) in [5, 5.41) is 2.66. The van der Waals surface area contributed by atoms with E-state index in [0.717, 1.165) is 19.6 Å². The summed E-state index contributed by atoms with van der Waals surface area (Å²) in [6.07, 6.45) is 2.30. The average molecular weight is 381 g/mol. The molecular weight excluding hydrogens is 362 g/mol. The lowest BCUT2D eigenvalue weighted by Crippen LogP contribution is -2.29. The fraction of sp³-hybridized carbons (Fsp3) is 0.312. The lowest BCUT2D eigenvalue weighted by Gasteiger charge is -2.12. The van der Waals surface area contributed by atoms with E-state index in [9.17, 15) is 18.0 Å². The van der Waals surface area contributed by atoms with E-state index in [2.05, 4.69) is 24.5 Å². The van der Waals surface area contributed by atoms with Crippen LogP contribution in [0.5, 0.6) is 0 Å². The third-order valence-electron chi connectivity index (χ3n) is 3.42. The summed E-state index contributed by atoms with van der Waals surface area (Å²) in [6, 6.07) is 5.78. The molecule has 0 amide bonds. The molecule has 0 fully saturated rings. The van der Waals surface area contributed by atoms with Crippen molar-refractivity contribution in [3.63, 3.8) is 0 Å². The minimum Gasteiger partial charge on any atom is -0.466 e. The SMILES string of the molecule is COC(=O)/C=C(/Nc1cccc(S(=O)(=O)NC2=NCCC2)c1)C(=O)OC. The Kier molecular flexibility index (Phi) is 6.34. The van der Waals surface area contributed by atoms with Crippen LogP contribution in [0.3, 0.4) is 0 Å². The van der Waals surface area contributed by atoms with E-state index >= 15 is 0 Å². The summed E-state index contributed by atoms with van der Waals surface area (Å²) in [7, 11) is -1.48. The Labute approximate surface area is 151 Å². The van der Waals surface area contributed by atoms with E-state index in [-0.39, 0.29) is 16.3 Å². The van der Waals surface area contributed by atoms with Gasteiger partial charge in [-0.25, -0.2) is 18.0 Å². The minimum atomic E-state index is -3.80. The van der Waals surface area contributed by atoms with Crippen LogP contribution in [0.15, 0.2) is 45.9 Å². The number of nitrogens with one attached hydrogen (secondary N) is 2. The number of sulfonamides is 1. The Morgan fingerprint density at radius 2 is 2.00 bits per heavy atom. The fourth-order valence-electron chi connectivity index (χ4n) is 2.17. The van der Waals surface area contributed by atoms with E-state index in [4.69, 9.17) is 0 Å². The first kappa shape index (κ1) is 19.4. The molecule has 26 heavy (non-hydrogen) atoms. The molecule has 0 unspecified atom stereocenters. The number of amidine groups is 1. The molecule has 1 heterocycles. The largest absolute Gasteiger partial charge is 0.466 e. The predicted molar refractivity (Wildman–Crippen MR) is 94.0 cm³/mol. The van der Waals surface area contributed by atoms with Crippen LogP contribution in [-0.4, -0.2) is 47.0 Å². The summed E-state index contributed by atoms with van der Waals surface area (Å²) < 4.78 is 36.4. The number of anilines is 1. The topological polar surface area (TPSA) is 123 Å². The molecule has 0 spiro atoms. The van der Waals surface area contributed by atoms with Crippen LogP contribution in [-0.2, 0) is 29.1 Å². The lowest BCUT2D eigenvalue weighted by molar-refractivity contribution is -0.138. The Bertz CT molecular complexity index is 860. The third-order valence-corrected chi connectivity index (χ3v) is 4.80. The zero-order chi connectivity index (χ0) is 19.2. The highest BCUT2D eigenvalue weighted by Crippen LogP contribution is 2.18. The lowest BCUT2D eigenvalue weighted by atomic mass is 10.3. The molecule has 0 bridgehead atoms. The highest BCUT2D eigenvalue weighted by Gasteiger charge is 2.19. The van der Waals surface area contributed by atoms with Crippen molar-refractivity contribution in [3.8, 4) is 0 Å². The van der Waals surface area contributed by atoms with E-state index in [1.807, 2.05) is 0 Å². The number of hydrogen-bond donors (Lipinski definition) is 2. The number of methoxy groups -OCH3 is 2. The maximum absolute atomic E-state index is 12.4. The van der Waals surface area contributed by atoms with Crippen LogP contribution < -0.4 is 10.0 Å². The van der Waals surface area contributed by atoms with Gasteiger partial charge in [0.2, 0.25) is 0 Å². The third kappa shape index (κ3) is 5.06. The zero-order valence-corrected chi connectivity index (χ0v) is 15.1. The number of carbonyl (C=O) groups is 2. The van der Waals surface area contributed by atoms with Crippen LogP contribution in [0.1, 0.15) is 12.8 Å². The van der Waals surface area contributed by atoms with Gasteiger partial charge >= 0.3 is 11.9 Å². The molecule has 0 aliphatic carbocycles. The molecule has 0 atom stereocenters. The van der Waals surface area contributed by atoms with Crippen molar-refractivity contribution < 1.29 is 27.5 Å². The van der Waals surface area contributed by atoms with Gasteiger partial charge in [0.1, 0.15) is 11.5 Å². The van der Waals surface area contributed by atoms with Gasteiger partial charge in [0, 0.05) is 18.7 Å². The first-order valence-electron chi connectivity index (χ1n) is 7.67. The molecule has 1 aliphatic heterocycles. The second kappa shape index (κ2) is 8.48. The molecule has 2 N–H and O–H groups in total. The fourth-order valence-corrected chi connectivity index (χ4v) is 3.30. The Morgan fingerprint density at radius 1 is 1.23 bits per heavy atom. The van der Waals surface area contributed by atoms with E-state index < -0.39 is 22.0 Å². The van der Waals surface area contributed by atoms with Crippen LogP contribution in [0.2, 0.25) is 0 Å². The molecule has 0 saturated carbocycles. The molecule has 1 aromatic carbocycles. The van der Waals surface area contributed by atoms with Crippen LogP contribution in [0.25, 0.3) is 0 Å². The number of aliphatic imine (C=N–C) groups is 1. The van der Waals surface area contributed by atoms with E-state index in [1.54, 1.807) is 6.07 Å². The highest BCUT2D eigenvalue weighted by molar-refractivity contribution is 7.90. The van der Waals surface area contributed by atoms with Gasteiger partial charge in [0.25, 0.3) is 10.0 Å². The van der Waals surface area contributed by atoms with Gasteiger partial charge in [-0.1, -0.05) is 6.07 Å². The van der Waals surface area contributed by atoms with Crippen molar-refractivity contribution in [2.75, 3.05) is 26.1 Å².